The molecule has 0 aromatic heterocycles. The molecule has 1 aromatic rings. The first-order valence-electron chi connectivity index (χ1n) is 10.1. The van der Waals surface area contributed by atoms with E-state index >= 15 is 0 Å². The molecule has 0 radical (unpaired) electrons. The molecular weight excluding hydrogens is 354 g/mol. The molecule has 5 N–H and O–H groups in total. The van der Waals surface area contributed by atoms with Crippen LogP contribution < -0.4 is 11.1 Å². The minimum Gasteiger partial charge on any atom is -0.409 e. The molecule has 1 heterocycles. The summed E-state index contributed by atoms with van der Waals surface area (Å²) in [7, 11) is 0. The standard InChI is InChI=1S/C21H33N5O2/c1-15-8-6-9-16(2)26(15)13-5-3-4-12-24-21(27)19(22)17-10-7-11-18(14-17)20(23)25-28/h7,10-11,14-16,22,28H,3-6,8-9,12-13H2,1-2H3,(H2,23,25)(H,24,27)/t15-,16+. The van der Waals surface area contributed by atoms with Crippen LogP contribution in [0.3, 0.4) is 0 Å². The van der Waals surface area contributed by atoms with E-state index in [4.69, 9.17) is 16.4 Å². The zero-order valence-electron chi connectivity index (χ0n) is 16.9. The van der Waals surface area contributed by atoms with Crippen LogP contribution in [0.2, 0.25) is 0 Å². The number of nitrogens with zero attached hydrogens (tertiary/aromatic N) is 2. The first-order chi connectivity index (χ1) is 13.4. The average Bonchev–Trinajstić information content (AvgIpc) is 2.71. The van der Waals surface area contributed by atoms with Crippen molar-refractivity contribution in [1.29, 1.82) is 5.41 Å². The van der Waals surface area contributed by atoms with E-state index in [0.717, 1.165) is 25.8 Å². The van der Waals surface area contributed by atoms with E-state index in [9.17, 15) is 4.79 Å². The van der Waals surface area contributed by atoms with E-state index in [-0.39, 0.29) is 11.5 Å². The number of hydrogen-bond acceptors (Lipinski definition) is 5. The van der Waals surface area contributed by atoms with Gasteiger partial charge in [0.05, 0.1) is 0 Å². The van der Waals surface area contributed by atoms with E-state index < -0.39 is 5.91 Å². The Morgan fingerprint density at radius 3 is 2.61 bits per heavy atom. The zero-order valence-corrected chi connectivity index (χ0v) is 16.9. The number of amidine groups is 1. The second kappa shape index (κ2) is 10.8. The van der Waals surface area contributed by atoms with Crippen molar-refractivity contribution in [3.8, 4) is 0 Å². The van der Waals surface area contributed by atoms with Gasteiger partial charge in [0.15, 0.2) is 5.84 Å². The van der Waals surface area contributed by atoms with Gasteiger partial charge in [0.1, 0.15) is 5.71 Å². The fourth-order valence-electron chi connectivity index (χ4n) is 3.82. The third-order valence-corrected chi connectivity index (χ3v) is 5.54. The molecule has 0 spiro atoms. The quantitative estimate of drug-likeness (QED) is 0.171. The topological polar surface area (TPSA) is 115 Å². The average molecular weight is 388 g/mol. The number of oxime groups is 1. The van der Waals surface area contributed by atoms with E-state index in [0.29, 0.717) is 29.8 Å². The van der Waals surface area contributed by atoms with Crippen molar-refractivity contribution in [2.24, 2.45) is 10.9 Å². The number of piperidine rings is 1. The number of benzene rings is 1. The molecule has 0 unspecified atom stereocenters. The minimum atomic E-state index is -0.407. The summed E-state index contributed by atoms with van der Waals surface area (Å²) in [5.41, 5.74) is 6.35. The molecule has 2 rings (SSSR count). The van der Waals surface area contributed by atoms with Gasteiger partial charge in [-0.15, -0.1) is 0 Å². The van der Waals surface area contributed by atoms with Gasteiger partial charge >= 0.3 is 0 Å². The summed E-state index contributed by atoms with van der Waals surface area (Å²) >= 11 is 0. The van der Waals surface area contributed by atoms with E-state index in [2.05, 4.69) is 29.2 Å². The lowest BCUT2D eigenvalue weighted by atomic mass is 9.97. The molecule has 154 valence electrons. The van der Waals surface area contributed by atoms with Crippen molar-refractivity contribution >= 4 is 17.5 Å². The van der Waals surface area contributed by atoms with Gasteiger partial charge in [-0.2, -0.15) is 0 Å². The number of rotatable bonds is 9. The van der Waals surface area contributed by atoms with Crippen LogP contribution in [-0.2, 0) is 4.79 Å². The van der Waals surface area contributed by atoms with Gasteiger partial charge in [-0.1, -0.05) is 36.2 Å². The van der Waals surface area contributed by atoms with Gasteiger partial charge in [-0.25, -0.2) is 0 Å². The molecule has 0 saturated carbocycles. The first kappa shape index (κ1) is 21.9. The van der Waals surface area contributed by atoms with Gasteiger partial charge in [0.25, 0.3) is 5.91 Å². The predicted molar refractivity (Wildman–Crippen MR) is 112 cm³/mol. The van der Waals surface area contributed by atoms with Crippen molar-refractivity contribution in [3.63, 3.8) is 0 Å². The molecule has 2 atom stereocenters. The summed E-state index contributed by atoms with van der Waals surface area (Å²) < 4.78 is 0. The Balaban J connectivity index is 1.70. The molecule has 0 bridgehead atoms. The Hall–Kier alpha value is -2.41. The number of carbonyl (C=O) groups excluding carboxylic acids is 1. The van der Waals surface area contributed by atoms with E-state index in [1.807, 2.05) is 0 Å². The second-order valence-corrected chi connectivity index (χ2v) is 7.62. The Morgan fingerprint density at radius 2 is 1.93 bits per heavy atom. The predicted octanol–water partition coefficient (Wildman–Crippen LogP) is 2.70. The lowest BCUT2D eigenvalue weighted by Crippen LogP contribution is -2.44. The van der Waals surface area contributed by atoms with Crippen LogP contribution in [-0.4, -0.2) is 52.7 Å². The second-order valence-electron chi connectivity index (χ2n) is 7.62. The molecule has 1 aliphatic heterocycles. The highest BCUT2D eigenvalue weighted by molar-refractivity contribution is 6.44. The Labute approximate surface area is 167 Å². The van der Waals surface area contributed by atoms with E-state index in [1.165, 1.54) is 19.3 Å². The highest BCUT2D eigenvalue weighted by atomic mass is 16.4. The molecule has 7 heteroatoms. The summed E-state index contributed by atoms with van der Waals surface area (Å²) in [6.45, 7) is 6.31. The highest BCUT2D eigenvalue weighted by Crippen LogP contribution is 2.22. The van der Waals surface area contributed by atoms with Crippen LogP contribution in [0.5, 0.6) is 0 Å². The van der Waals surface area contributed by atoms with Crippen molar-refractivity contribution in [2.45, 2.75) is 64.5 Å². The zero-order chi connectivity index (χ0) is 20.5. The van der Waals surface area contributed by atoms with Crippen LogP contribution in [0.15, 0.2) is 29.4 Å². The number of hydrogen-bond donors (Lipinski definition) is 4. The molecule has 1 amide bonds. The monoisotopic (exact) mass is 387 g/mol. The van der Waals surface area contributed by atoms with Crippen LogP contribution in [0.25, 0.3) is 0 Å². The normalized spacial score (nSPS) is 20.7. The summed E-state index contributed by atoms with van der Waals surface area (Å²) in [5, 5.41) is 22.6. The Morgan fingerprint density at radius 1 is 1.25 bits per heavy atom. The van der Waals surface area contributed by atoms with Crippen molar-refractivity contribution in [2.75, 3.05) is 13.1 Å². The number of nitrogens with two attached hydrogens (primary N) is 1. The minimum absolute atomic E-state index is 0.0487. The lowest BCUT2D eigenvalue weighted by molar-refractivity contribution is -0.114. The Bertz CT molecular complexity index is 694. The maximum absolute atomic E-state index is 12.2. The molecule has 1 aliphatic rings. The van der Waals surface area contributed by atoms with Gasteiger partial charge < -0.3 is 16.3 Å². The maximum atomic E-state index is 12.2. The third kappa shape index (κ3) is 6.05. The summed E-state index contributed by atoms with van der Waals surface area (Å²) in [6.07, 6.45) is 7.00. The van der Waals surface area contributed by atoms with Gasteiger partial charge in [-0.05, 0) is 52.1 Å². The number of unbranched alkanes of at least 4 members (excludes halogenated alkanes) is 2. The number of likely N-dealkylation sites (tertiary alicyclic amines) is 1. The molecule has 7 nitrogen and oxygen atoms in total. The fraction of sp³-hybridized carbons (Fsp3) is 0.571. The maximum Gasteiger partial charge on any atom is 0.269 e. The van der Waals surface area contributed by atoms with Crippen LogP contribution >= 0.6 is 0 Å². The van der Waals surface area contributed by atoms with Crippen molar-refractivity contribution in [1.82, 2.24) is 10.2 Å². The lowest BCUT2D eigenvalue weighted by Gasteiger charge is -2.39. The molecule has 28 heavy (non-hydrogen) atoms. The first-order valence-corrected chi connectivity index (χ1v) is 10.1. The smallest absolute Gasteiger partial charge is 0.269 e. The van der Waals surface area contributed by atoms with Crippen LogP contribution in [0.1, 0.15) is 63.5 Å². The van der Waals surface area contributed by atoms with Crippen LogP contribution in [0.4, 0.5) is 0 Å². The number of amides is 1. The highest BCUT2D eigenvalue weighted by Gasteiger charge is 2.23. The van der Waals surface area contributed by atoms with Crippen molar-refractivity contribution in [3.05, 3.63) is 35.4 Å². The van der Waals surface area contributed by atoms with Gasteiger partial charge in [0.2, 0.25) is 0 Å². The molecular formula is C21H33N5O2. The van der Waals surface area contributed by atoms with Crippen molar-refractivity contribution < 1.29 is 10.0 Å². The van der Waals surface area contributed by atoms with Crippen LogP contribution in [0, 0.1) is 5.41 Å². The van der Waals surface area contributed by atoms with E-state index in [1.54, 1.807) is 24.3 Å². The molecule has 0 aliphatic carbocycles. The third-order valence-electron chi connectivity index (χ3n) is 5.54. The molecule has 1 aromatic carbocycles. The summed E-state index contributed by atoms with van der Waals surface area (Å²) in [5.74, 6) is -0.456. The van der Waals surface area contributed by atoms with Gasteiger partial charge in [0, 0.05) is 29.8 Å². The van der Waals surface area contributed by atoms with Gasteiger partial charge in [-0.3, -0.25) is 15.1 Å². The molecule has 1 saturated heterocycles. The SMILES string of the molecule is C[C@@H]1CCC[C@H](C)N1CCCCCNC(=O)C(=N)c1cccc(/C(N)=N\O)c1. The summed E-state index contributed by atoms with van der Waals surface area (Å²) in [4.78, 5) is 14.8. The fourth-order valence-corrected chi connectivity index (χ4v) is 3.82. The Kier molecular flexibility index (Phi) is 8.44. The molecule has 1 fully saturated rings. The number of nitrogens with one attached hydrogen (secondary N) is 2. The number of carbonyl (C=O) groups is 1. The summed E-state index contributed by atoms with van der Waals surface area (Å²) in [6, 6.07) is 7.91. The largest absolute Gasteiger partial charge is 0.409 e.